The zero-order valence-electron chi connectivity index (χ0n) is 20.4. The van der Waals surface area contributed by atoms with Gasteiger partial charge in [-0.05, 0) is 76.8 Å². The molecule has 178 valence electrons. The van der Waals surface area contributed by atoms with Gasteiger partial charge >= 0.3 is 0 Å². The predicted molar refractivity (Wildman–Crippen MR) is 134 cm³/mol. The molecule has 0 amide bonds. The maximum atomic E-state index is 4.64. The molecule has 3 aliphatic rings. The highest BCUT2D eigenvalue weighted by Crippen LogP contribution is 2.31. The molecule has 1 aromatic rings. The molecule has 0 saturated carbocycles. The highest BCUT2D eigenvalue weighted by Gasteiger charge is 2.36. The molecule has 3 fully saturated rings. The van der Waals surface area contributed by atoms with Crippen molar-refractivity contribution in [3.05, 3.63) is 35.9 Å². The van der Waals surface area contributed by atoms with Gasteiger partial charge in [0.2, 0.25) is 0 Å². The van der Waals surface area contributed by atoms with Crippen molar-refractivity contribution in [1.29, 1.82) is 0 Å². The van der Waals surface area contributed by atoms with Gasteiger partial charge in [-0.1, -0.05) is 30.3 Å². The fourth-order valence-corrected chi connectivity index (χ4v) is 5.87. The Morgan fingerprint density at radius 3 is 2.72 bits per heavy atom. The van der Waals surface area contributed by atoms with Crippen LogP contribution in [0.1, 0.15) is 37.7 Å². The molecule has 0 bridgehead atoms. The minimum Gasteiger partial charge on any atom is -0.356 e. The van der Waals surface area contributed by atoms with E-state index >= 15 is 0 Å². The second-order valence-electron chi connectivity index (χ2n) is 9.99. The minimum absolute atomic E-state index is 0.722. The van der Waals surface area contributed by atoms with Crippen molar-refractivity contribution < 1.29 is 0 Å². The molecular weight excluding hydrogens is 396 g/mol. The lowest BCUT2D eigenvalue weighted by Gasteiger charge is -2.48. The molecule has 2 unspecified atom stereocenters. The zero-order chi connectivity index (χ0) is 22.2. The van der Waals surface area contributed by atoms with Crippen molar-refractivity contribution in [2.45, 2.75) is 44.7 Å². The summed E-state index contributed by atoms with van der Waals surface area (Å²) in [7, 11) is 4.19. The van der Waals surface area contributed by atoms with E-state index < -0.39 is 0 Å². The van der Waals surface area contributed by atoms with Crippen LogP contribution < -0.4 is 5.32 Å². The van der Waals surface area contributed by atoms with Gasteiger partial charge in [0.05, 0.1) is 0 Å². The summed E-state index contributed by atoms with van der Waals surface area (Å²) >= 11 is 0. The molecule has 4 rings (SSSR count). The van der Waals surface area contributed by atoms with E-state index in [-0.39, 0.29) is 0 Å². The van der Waals surface area contributed by atoms with Gasteiger partial charge in [0.1, 0.15) is 0 Å². The predicted octanol–water partition coefficient (Wildman–Crippen LogP) is 2.58. The quantitative estimate of drug-likeness (QED) is 0.418. The summed E-state index contributed by atoms with van der Waals surface area (Å²) in [6.45, 7) is 11.7. The van der Waals surface area contributed by atoms with E-state index in [2.05, 4.69) is 67.3 Å². The molecule has 6 heteroatoms. The molecule has 2 atom stereocenters. The molecule has 1 aromatic carbocycles. The third-order valence-corrected chi connectivity index (χ3v) is 7.67. The number of piperidine rings is 2. The molecule has 0 aliphatic carbocycles. The number of hydrogen-bond acceptors (Lipinski definition) is 4. The Hall–Kier alpha value is -1.63. The molecule has 32 heavy (non-hydrogen) atoms. The van der Waals surface area contributed by atoms with Gasteiger partial charge in [0.15, 0.2) is 5.96 Å². The lowest BCUT2D eigenvalue weighted by molar-refractivity contribution is 0.0372. The Morgan fingerprint density at radius 1 is 1.00 bits per heavy atom. The van der Waals surface area contributed by atoms with Gasteiger partial charge in [-0.2, -0.15) is 0 Å². The topological polar surface area (TPSA) is 37.4 Å². The highest BCUT2D eigenvalue weighted by molar-refractivity contribution is 5.80. The number of nitrogens with one attached hydrogen (secondary N) is 1. The standard InChI is InChI=1S/C26H44N6/c1-27-26(28-13-7-15-30-16-8-14-29(2)19-20-30)32-18-12-25-24(22-32)11-6-17-31(25)21-23-9-4-3-5-10-23/h3-5,9-10,24-25H,6-8,11-22H2,1-2H3,(H,27,28). The number of likely N-dealkylation sites (tertiary alicyclic amines) is 2. The first-order chi connectivity index (χ1) is 15.7. The fraction of sp³-hybridized carbons (Fsp3) is 0.731. The normalized spacial score (nSPS) is 26.6. The van der Waals surface area contributed by atoms with Gasteiger partial charge in [-0.25, -0.2) is 0 Å². The highest BCUT2D eigenvalue weighted by atomic mass is 15.3. The van der Waals surface area contributed by atoms with Gasteiger partial charge in [0, 0.05) is 52.4 Å². The number of nitrogens with zero attached hydrogens (tertiary/aromatic N) is 5. The summed E-state index contributed by atoms with van der Waals surface area (Å²) in [4.78, 5) is 15.0. The Kier molecular flexibility index (Phi) is 8.83. The van der Waals surface area contributed by atoms with E-state index in [1.165, 1.54) is 76.9 Å². The molecule has 3 heterocycles. The lowest BCUT2D eigenvalue weighted by atomic mass is 9.83. The van der Waals surface area contributed by atoms with E-state index in [1.54, 1.807) is 0 Å². The Balaban J connectivity index is 1.22. The summed E-state index contributed by atoms with van der Waals surface area (Å²) in [5.41, 5.74) is 1.45. The van der Waals surface area contributed by atoms with E-state index in [4.69, 9.17) is 0 Å². The van der Waals surface area contributed by atoms with Crippen molar-refractivity contribution in [3.63, 3.8) is 0 Å². The summed E-state index contributed by atoms with van der Waals surface area (Å²) in [6, 6.07) is 11.7. The molecule has 3 aliphatic heterocycles. The van der Waals surface area contributed by atoms with Crippen LogP contribution in [-0.2, 0) is 6.54 Å². The number of aliphatic imine (C=N–C) groups is 1. The van der Waals surface area contributed by atoms with E-state index in [0.29, 0.717) is 0 Å². The van der Waals surface area contributed by atoms with Crippen LogP contribution in [0.15, 0.2) is 35.3 Å². The van der Waals surface area contributed by atoms with Gasteiger partial charge < -0.3 is 20.0 Å². The lowest BCUT2D eigenvalue weighted by Crippen LogP contribution is -2.56. The van der Waals surface area contributed by atoms with Gasteiger partial charge in [-0.15, -0.1) is 0 Å². The second-order valence-corrected chi connectivity index (χ2v) is 9.99. The molecule has 3 saturated heterocycles. The molecular formula is C26H44N6. The van der Waals surface area contributed by atoms with Crippen molar-refractivity contribution in [2.75, 3.05) is 73.0 Å². The first kappa shape index (κ1) is 23.5. The minimum atomic E-state index is 0.722. The number of benzene rings is 1. The summed E-state index contributed by atoms with van der Waals surface area (Å²) in [5, 5.41) is 3.67. The summed E-state index contributed by atoms with van der Waals surface area (Å²) in [6.07, 6.45) is 6.40. The largest absolute Gasteiger partial charge is 0.356 e. The fourth-order valence-electron chi connectivity index (χ4n) is 5.87. The molecule has 1 N–H and O–H groups in total. The molecule has 0 radical (unpaired) electrons. The number of likely N-dealkylation sites (N-methyl/N-ethyl adjacent to an activating group) is 1. The van der Waals surface area contributed by atoms with Crippen molar-refractivity contribution in [3.8, 4) is 0 Å². The molecule has 6 nitrogen and oxygen atoms in total. The Bertz CT molecular complexity index is 708. The number of fused-ring (bicyclic) bond motifs is 1. The van der Waals surface area contributed by atoms with Crippen LogP contribution in [0.3, 0.4) is 0 Å². The van der Waals surface area contributed by atoms with E-state index in [9.17, 15) is 0 Å². The number of guanidine groups is 1. The van der Waals surface area contributed by atoms with Crippen LogP contribution in [0.4, 0.5) is 0 Å². The average Bonchev–Trinajstić information content (AvgIpc) is 3.03. The second kappa shape index (κ2) is 12.0. The third kappa shape index (κ3) is 6.46. The smallest absolute Gasteiger partial charge is 0.193 e. The van der Waals surface area contributed by atoms with Crippen LogP contribution in [0, 0.1) is 5.92 Å². The SMILES string of the molecule is CN=C(NCCCN1CCCN(C)CC1)N1CCC2C(CCCN2Cc2ccccc2)C1. The van der Waals surface area contributed by atoms with Crippen LogP contribution >= 0.6 is 0 Å². The maximum absolute atomic E-state index is 4.64. The van der Waals surface area contributed by atoms with Crippen molar-refractivity contribution in [1.82, 2.24) is 24.9 Å². The van der Waals surface area contributed by atoms with Gasteiger partial charge in [0.25, 0.3) is 0 Å². The number of rotatable bonds is 6. The summed E-state index contributed by atoms with van der Waals surface area (Å²) in [5.74, 6) is 1.87. The first-order valence-electron chi connectivity index (χ1n) is 12.9. The molecule has 0 aromatic heterocycles. The van der Waals surface area contributed by atoms with Gasteiger partial charge in [-0.3, -0.25) is 9.89 Å². The first-order valence-corrected chi connectivity index (χ1v) is 12.9. The summed E-state index contributed by atoms with van der Waals surface area (Å²) < 4.78 is 0. The zero-order valence-corrected chi connectivity index (χ0v) is 20.4. The van der Waals surface area contributed by atoms with E-state index in [0.717, 1.165) is 44.1 Å². The number of hydrogen-bond donors (Lipinski definition) is 1. The van der Waals surface area contributed by atoms with Crippen LogP contribution in [0.25, 0.3) is 0 Å². The van der Waals surface area contributed by atoms with Crippen molar-refractivity contribution in [2.24, 2.45) is 10.9 Å². The Labute approximate surface area is 195 Å². The van der Waals surface area contributed by atoms with Crippen molar-refractivity contribution >= 4 is 5.96 Å². The van der Waals surface area contributed by atoms with Crippen LogP contribution in [0.5, 0.6) is 0 Å². The Morgan fingerprint density at radius 2 is 1.88 bits per heavy atom. The monoisotopic (exact) mass is 440 g/mol. The average molecular weight is 441 g/mol. The molecule has 0 spiro atoms. The van der Waals surface area contributed by atoms with Crippen LogP contribution in [-0.4, -0.2) is 105 Å². The van der Waals surface area contributed by atoms with E-state index in [1.807, 2.05) is 7.05 Å². The maximum Gasteiger partial charge on any atom is 0.193 e. The third-order valence-electron chi connectivity index (χ3n) is 7.67. The van der Waals surface area contributed by atoms with Crippen LogP contribution in [0.2, 0.25) is 0 Å².